The summed E-state index contributed by atoms with van der Waals surface area (Å²) in [6.07, 6.45) is 7.83. The first-order valence-electron chi connectivity index (χ1n) is 6.03. The van der Waals surface area contributed by atoms with Crippen LogP contribution in [-0.2, 0) is 0 Å². The van der Waals surface area contributed by atoms with Crippen LogP contribution in [0, 0.1) is 17.3 Å². The largest absolute Gasteiger partial charge is 0.256 e. The van der Waals surface area contributed by atoms with Crippen LogP contribution in [0.1, 0.15) is 45.4 Å². The topological polar surface area (TPSA) is 60.8 Å². The molecule has 0 radical (unpaired) electrons. The summed E-state index contributed by atoms with van der Waals surface area (Å²) in [7, 11) is 0. The average Bonchev–Trinajstić information content (AvgIpc) is 2.78. The third kappa shape index (κ3) is 1.24. The van der Waals surface area contributed by atoms with Gasteiger partial charge < -0.3 is 0 Å². The van der Waals surface area contributed by atoms with Gasteiger partial charge in [-0.2, -0.15) is 4.91 Å². The van der Waals surface area contributed by atoms with Crippen LogP contribution in [-0.4, -0.2) is 5.54 Å². The summed E-state index contributed by atoms with van der Waals surface area (Å²) in [5, 5.41) is 3.62. The fraction of sp³-hybridized carbons (Fsp3) is 1.00. The summed E-state index contributed by atoms with van der Waals surface area (Å²) >= 11 is 0. The Morgan fingerprint density at radius 2 is 2.33 bits per heavy atom. The van der Waals surface area contributed by atoms with Crippen molar-refractivity contribution in [1.29, 1.82) is 0 Å². The number of nitrogens with one attached hydrogen (secondary N) is 1. The highest BCUT2D eigenvalue weighted by molar-refractivity contribution is 5.17. The van der Waals surface area contributed by atoms with Crippen LogP contribution < -0.4 is 5.43 Å². The van der Waals surface area contributed by atoms with Gasteiger partial charge in [0.1, 0.15) is 5.54 Å². The molecule has 3 rings (SSSR count). The van der Waals surface area contributed by atoms with Crippen molar-refractivity contribution in [2.45, 2.75) is 51.0 Å². The molecule has 0 aromatic rings. The first kappa shape index (κ1) is 9.34. The molecule has 3 fully saturated rings. The molecule has 0 aromatic heterocycles. The number of rotatable bonds is 3. The van der Waals surface area contributed by atoms with E-state index < -0.39 is 0 Å². The zero-order valence-electron chi connectivity index (χ0n) is 9.24. The van der Waals surface area contributed by atoms with Crippen molar-refractivity contribution in [3.8, 4) is 0 Å². The third-order valence-electron chi connectivity index (χ3n) is 5.05. The van der Waals surface area contributed by atoms with Crippen molar-refractivity contribution in [1.82, 2.24) is 5.43 Å². The number of nitrogens with zero attached hydrogens (tertiary/aromatic N) is 3. The second kappa shape index (κ2) is 2.82. The molecular formula is C11H18N4. The molecule has 4 nitrogen and oxygen atoms in total. The predicted molar refractivity (Wildman–Crippen MR) is 57.8 cm³/mol. The molecule has 0 amide bonds. The monoisotopic (exact) mass is 206 g/mol. The Bertz CT molecular complexity index is 335. The van der Waals surface area contributed by atoms with Gasteiger partial charge in [0.2, 0.25) is 0 Å². The molecule has 4 atom stereocenters. The van der Waals surface area contributed by atoms with Crippen molar-refractivity contribution in [3.63, 3.8) is 0 Å². The van der Waals surface area contributed by atoms with E-state index in [-0.39, 0.29) is 5.54 Å². The molecule has 3 aliphatic rings. The lowest BCUT2D eigenvalue weighted by molar-refractivity contribution is 0.137. The van der Waals surface area contributed by atoms with E-state index in [4.69, 9.17) is 5.53 Å². The van der Waals surface area contributed by atoms with Crippen molar-refractivity contribution in [3.05, 3.63) is 10.4 Å². The molecule has 15 heavy (non-hydrogen) atoms. The van der Waals surface area contributed by atoms with Gasteiger partial charge in [-0.05, 0) is 61.0 Å². The summed E-state index contributed by atoms with van der Waals surface area (Å²) in [5.41, 5.74) is 12.3. The number of azide groups is 1. The smallest absolute Gasteiger partial charge is 0.107 e. The first-order valence-corrected chi connectivity index (χ1v) is 6.03. The Morgan fingerprint density at radius 3 is 3.00 bits per heavy atom. The molecule has 0 saturated heterocycles. The molecule has 1 spiro atoms. The van der Waals surface area contributed by atoms with E-state index in [1.54, 1.807) is 0 Å². The van der Waals surface area contributed by atoms with Crippen LogP contribution in [0.5, 0.6) is 0 Å². The lowest BCUT2D eigenvalue weighted by atomic mass is 9.70. The predicted octanol–water partition coefficient (Wildman–Crippen LogP) is 3.16. The Hall–Kier alpha value is -0.890. The first-order chi connectivity index (χ1) is 7.22. The Balaban J connectivity index is 1.82. The van der Waals surface area contributed by atoms with Crippen molar-refractivity contribution in [2.24, 2.45) is 22.5 Å². The van der Waals surface area contributed by atoms with Gasteiger partial charge in [-0.25, -0.2) is 0 Å². The zero-order chi connectivity index (χ0) is 10.5. The zero-order valence-corrected chi connectivity index (χ0v) is 9.24. The van der Waals surface area contributed by atoms with Gasteiger partial charge in [0, 0.05) is 0 Å². The van der Waals surface area contributed by atoms with Crippen LogP contribution in [0.4, 0.5) is 0 Å². The molecule has 82 valence electrons. The Labute approximate surface area is 90.0 Å². The fourth-order valence-corrected chi connectivity index (χ4v) is 4.38. The van der Waals surface area contributed by atoms with Crippen LogP contribution in [0.25, 0.3) is 10.4 Å². The van der Waals surface area contributed by atoms with Crippen LogP contribution in [0.3, 0.4) is 0 Å². The average molecular weight is 206 g/mol. The quantitative estimate of drug-likeness (QED) is 0.328. The summed E-state index contributed by atoms with van der Waals surface area (Å²) < 4.78 is 0. The minimum atomic E-state index is 0.112. The highest BCUT2D eigenvalue weighted by atomic mass is 15.4. The second-order valence-corrected chi connectivity index (χ2v) is 5.89. The van der Waals surface area contributed by atoms with Gasteiger partial charge in [-0.3, -0.25) is 5.43 Å². The number of hydrogen-bond donors (Lipinski definition) is 1. The maximum absolute atomic E-state index is 8.42. The fourth-order valence-electron chi connectivity index (χ4n) is 4.38. The Kier molecular flexibility index (Phi) is 1.76. The van der Waals surface area contributed by atoms with Crippen LogP contribution >= 0.6 is 0 Å². The lowest BCUT2D eigenvalue weighted by Crippen LogP contribution is -2.47. The lowest BCUT2D eigenvalue weighted by Gasteiger charge is -2.39. The standard InChI is InChI=1S/C11H18N4/c1-2-11(13-15-14-12)5-8-3-9-6-10(9,4-8)7-11/h8-9,13H,2-7H2,1H3. The van der Waals surface area contributed by atoms with Gasteiger partial charge in [-0.15, -0.1) is 5.53 Å². The summed E-state index contributed by atoms with van der Waals surface area (Å²) in [6.45, 7) is 2.21. The van der Waals surface area contributed by atoms with E-state index in [9.17, 15) is 0 Å². The maximum atomic E-state index is 8.42. The molecule has 1 N–H and O–H groups in total. The number of hydrogen-bond acceptors (Lipinski definition) is 1. The Morgan fingerprint density at radius 1 is 1.47 bits per heavy atom. The van der Waals surface area contributed by atoms with E-state index >= 15 is 0 Å². The summed E-state index contributed by atoms with van der Waals surface area (Å²) in [5.74, 6) is 1.89. The van der Waals surface area contributed by atoms with E-state index in [2.05, 4.69) is 22.5 Å². The third-order valence-corrected chi connectivity index (χ3v) is 5.05. The van der Waals surface area contributed by atoms with E-state index in [1.165, 1.54) is 32.1 Å². The molecule has 2 bridgehead atoms. The van der Waals surface area contributed by atoms with Crippen molar-refractivity contribution < 1.29 is 0 Å². The van der Waals surface area contributed by atoms with Crippen LogP contribution in [0.15, 0.2) is 5.22 Å². The molecule has 0 heterocycles. The molecule has 0 aromatic carbocycles. The second-order valence-electron chi connectivity index (χ2n) is 5.89. The summed E-state index contributed by atoms with van der Waals surface area (Å²) in [6, 6.07) is 0. The molecular weight excluding hydrogens is 188 g/mol. The van der Waals surface area contributed by atoms with Crippen molar-refractivity contribution >= 4 is 0 Å². The minimum Gasteiger partial charge on any atom is -0.256 e. The van der Waals surface area contributed by atoms with Gasteiger partial charge in [0.05, 0.1) is 0 Å². The highest BCUT2D eigenvalue weighted by Gasteiger charge is 2.66. The molecule has 4 heteroatoms. The van der Waals surface area contributed by atoms with Gasteiger partial charge in [-0.1, -0.05) is 6.92 Å². The molecule has 3 aliphatic carbocycles. The minimum absolute atomic E-state index is 0.112. The highest BCUT2D eigenvalue weighted by Crippen LogP contribution is 2.72. The summed E-state index contributed by atoms with van der Waals surface area (Å²) in [4.78, 5) is 2.84. The van der Waals surface area contributed by atoms with Gasteiger partial charge in [0.25, 0.3) is 0 Å². The van der Waals surface area contributed by atoms with Crippen LogP contribution in [0.2, 0.25) is 0 Å². The van der Waals surface area contributed by atoms with Gasteiger partial charge >= 0.3 is 0 Å². The van der Waals surface area contributed by atoms with E-state index in [0.717, 1.165) is 18.3 Å². The normalized spacial score (nSPS) is 50.5. The maximum Gasteiger partial charge on any atom is 0.107 e. The number of fused-ring (bicyclic) bond motifs is 1. The van der Waals surface area contributed by atoms with E-state index in [0.29, 0.717) is 5.41 Å². The van der Waals surface area contributed by atoms with E-state index in [1.807, 2.05) is 0 Å². The molecule has 0 aliphatic heterocycles. The van der Waals surface area contributed by atoms with Gasteiger partial charge in [0.15, 0.2) is 0 Å². The SMILES string of the molecule is CCC1(NN=[N+]=[N-])CC2CC3CC3(C2)C1. The molecule has 3 saturated carbocycles. The molecule has 4 unspecified atom stereocenters. The van der Waals surface area contributed by atoms with Crippen molar-refractivity contribution in [2.75, 3.05) is 0 Å².